The fraction of sp³-hybridized carbons (Fsp3) is 0.364. The average molecular weight is 364 g/mol. The smallest absolute Gasteiger partial charge is 0.411 e. The fourth-order valence-electron chi connectivity index (χ4n) is 4.21. The van der Waals surface area contributed by atoms with E-state index in [1.807, 2.05) is 24.3 Å². The number of carbonyl (C=O) groups excluding carboxylic acids is 2. The van der Waals surface area contributed by atoms with Crippen molar-refractivity contribution >= 4 is 12.0 Å². The molecule has 5 nitrogen and oxygen atoms in total. The lowest BCUT2D eigenvalue weighted by Crippen LogP contribution is -2.53. The molecule has 1 aliphatic heterocycles. The third-order valence-corrected chi connectivity index (χ3v) is 5.44. The Labute approximate surface area is 159 Å². The van der Waals surface area contributed by atoms with E-state index in [0.717, 1.165) is 19.3 Å². The number of amides is 2. The molecular formula is C22H24N2O3. The van der Waals surface area contributed by atoms with E-state index < -0.39 is 0 Å². The first-order valence-corrected chi connectivity index (χ1v) is 9.54. The maximum atomic E-state index is 12.7. The summed E-state index contributed by atoms with van der Waals surface area (Å²) in [5, 5.41) is 2.86. The molecule has 0 saturated carbocycles. The summed E-state index contributed by atoms with van der Waals surface area (Å²) in [6.07, 6.45) is 2.07. The molecule has 1 atom stereocenters. The number of benzene rings is 2. The molecule has 1 heterocycles. The molecule has 2 aromatic rings. The Morgan fingerprint density at radius 3 is 2.30 bits per heavy atom. The predicted molar refractivity (Wildman–Crippen MR) is 103 cm³/mol. The Morgan fingerprint density at radius 2 is 1.67 bits per heavy atom. The zero-order valence-electron chi connectivity index (χ0n) is 15.5. The van der Waals surface area contributed by atoms with Crippen LogP contribution in [0.15, 0.2) is 48.5 Å². The summed E-state index contributed by atoms with van der Waals surface area (Å²) >= 11 is 0. The SMILES string of the molecule is CC(=O)NC1CCCCN1C(=O)OCC1c2ccccc2-c2ccccc21. The molecule has 4 rings (SSSR count). The highest BCUT2D eigenvalue weighted by atomic mass is 16.6. The third kappa shape index (κ3) is 3.42. The summed E-state index contributed by atoms with van der Waals surface area (Å²) in [7, 11) is 0. The van der Waals surface area contributed by atoms with E-state index in [9.17, 15) is 9.59 Å². The minimum absolute atomic E-state index is 0.0466. The minimum Gasteiger partial charge on any atom is -0.448 e. The van der Waals surface area contributed by atoms with Crippen LogP contribution in [0.5, 0.6) is 0 Å². The number of hydrogen-bond donors (Lipinski definition) is 1. The topological polar surface area (TPSA) is 58.6 Å². The number of nitrogens with one attached hydrogen (secondary N) is 1. The van der Waals surface area contributed by atoms with Crippen molar-refractivity contribution in [1.29, 1.82) is 0 Å². The van der Waals surface area contributed by atoms with Gasteiger partial charge in [-0.1, -0.05) is 48.5 Å². The molecule has 5 heteroatoms. The van der Waals surface area contributed by atoms with Gasteiger partial charge in [-0.2, -0.15) is 0 Å². The van der Waals surface area contributed by atoms with Crippen LogP contribution in [-0.4, -0.2) is 36.2 Å². The molecular weight excluding hydrogens is 340 g/mol. The number of nitrogens with zero attached hydrogens (tertiary/aromatic N) is 1. The maximum Gasteiger partial charge on any atom is 0.411 e. The Balaban J connectivity index is 1.50. The normalized spacial score (nSPS) is 18.6. The summed E-state index contributed by atoms with van der Waals surface area (Å²) in [5.41, 5.74) is 4.82. The van der Waals surface area contributed by atoms with Crippen molar-refractivity contribution in [3.63, 3.8) is 0 Å². The first-order chi connectivity index (χ1) is 13.1. The Morgan fingerprint density at radius 1 is 1.04 bits per heavy atom. The summed E-state index contributed by atoms with van der Waals surface area (Å²) in [4.78, 5) is 25.8. The number of rotatable bonds is 3. The molecule has 1 unspecified atom stereocenters. The van der Waals surface area contributed by atoms with Gasteiger partial charge in [0.15, 0.2) is 0 Å². The van der Waals surface area contributed by atoms with Crippen LogP contribution >= 0.6 is 0 Å². The number of ether oxygens (including phenoxy) is 1. The molecule has 0 spiro atoms. The monoisotopic (exact) mass is 364 g/mol. The molecule has 1 saturated heterocycles. The van der Waals surface area contributed by atoms with Gasteiger partial charge in [0.1, 0.15) is 12.8 Å². The summed E-state index contributed by atoms with van der Waals surface area (Å²) in [5.74, 6) is -0.0799. The van der Waals surface area contributed by atoms with Crippen LogP contribution < -0.4 is 5.32 Å². The summed E-state index contributed by atoms with van der Waals surface area (Å²) < 4.78 is 5.73. The van der Waals surface area contributed by atoms with Crippen molar-refractivity contribution in [2.75, 3.05) is 13.2 Å². The standard InChI is InChI=1S/C22H24N2O3/c1-15(25)23-21-12-6-7-13-24(21)22(26)27-14-20-18-10-4-2-8-16(18)17-9-3-5-11-19(17)20/h2-5,8-11,20-21H,6-7,12-14H2,1H3,(H,23,25). The van der Waals surface area contributed by atoms with Gasteiger partial charge < -0.3 is 10.1 Å². The van der Waals surface area contributed by atoms with Crippen LogP contribution in [0.1, 0.15) is 43.2 Å². The number of piperidine rings is 1. The lowest BCUT2D eigenvalue weighted by atomic mass is 9.98. The van der Waals surface area contributed by atoms with Crippen molar-refractivity contribution < 1.29 is 14.3 Å². The third-order valence-electron chi connectivity index (χ3n) is 5.44. The lowest BCUT2D eigenvalue weighted by molar-refractivity contribution is -0.121. The van der Waals surface area contributed by atoms with Gasteiger partial charge in [-0.05, 0) is 41.5 Å². The van der Waals surface area contributed by atoms with Crippen molar-refractivity contribution in [3.05, 3.63) is 59.7 Å². The zero-order chi connectivity index (χ0) is 18.8. The van der Waals surface area contributed by atoms with E-state index in [-0.39, 0.29) is 24.1 Å². The van der Waals surface area contributed by atoms with Gasteiger partial charge in [0.05, 0.1) is 0 Å². The number of hydrogen-bond acceptors (Lipinski definition) is 3. The van der Waals surface area contributed by atoms with E-state index >= 15 is 0 Å². The molecule has 1 fully saturated rings. The Hall–Kier alpha value is -2.82. The number of carbonyl (C=O) groups is 2. The first-order valence-electron chi connectivity index (χ1n) is 9.54. The van der Waals surface area contributed by atoms with Gasteiger partial charge in [0.25, 0.3) is 0 Å². The van der Waals surface area contributed by atoms with Crippen molar-refractivity contribution in [3.8, 4) is 11.1 Å². The molecule has 2 aromatic carbocycles. The summed E-state index contributed by atoms with van der Waals surface area (Å²) in [6, 6.07) is 16.6. The fourth-order valence-corrected chi connectivity index (χ4v) is 4.21. The van der Waals surface area contributed by atoms with Gasteiger partial charge in [0.2, 0.25) is 5.91 Å². The van der Waals surface area contributed by atoms with Crippen LogP contribution in [0.3, 0.4) is 0 Å². The molecule has 2 amide bonds. The van der Waals surface area contributed by atoms with Crippen LogP contribution in [0, 0.1) is 0 Å². The molecule has 0 bridgehead atoms. The van der Waals surface area contributed by atoms with Gasteiger partial charge in [-0.15, -0.1) is 0 Å². The van der Waals surface area contributed by atoms with Gasteiger partial charge >= 0.3 is 6.09 Å². The lowest BCUT2D eigenvalue weighted by Gasteiger charge is -2.35. The highest BCUT2D eigenvalue weighted by Crippen LogP contribution is 2.44. The van der Waals surface area contributed by atoms with Gasteiger partial charge in [-0.25, -0.2) is 4.79 Å². The molecule has 0 radical (unpaired) electrons. The number of likely N-dealkylation sites (tertiary alicyclic amines) is 1. The van der Waals surface area contributed by atoms with Crippen molar-refractivity contribution in [2.45, 2.75) is 38.3 Å². The predicted octanol–water partition coefficient (Wildman–Crippen LogP) is 3.88. The van der Waals surface area contributed by atoms with E-state index in [4.69, 9.17) is 4.74 Å². The Bertz CT molecular complexity index is 819. The average Bonchev–Trinajstić information content (AvgIpc) is 3.00. The van der Waals surface area contributed by atoms with E-state index in [1.165, 1.54) is 29.2 Å². The molecule has 1 N–H and O–H groups in total. The molecule has 0 aromatic heterocycles. The van der Waals surface area contributed by atoms with E-state index in [2.05, 4.69) is 29.6 Å². The molecule has 1 aliphatic carbocycles. The van der Waals surface area contributed by atoms with Crippen LogP contribution in [0.2, 0.25) is 0 Å². The van der Waals surface area contributed by atoms with E-state index in [0.29, 0.717) is 13.2 Å². The minimum atomic E-state index is -0.352. The van der Waals surface area contributed by atoms with Crippen molar-refractivity contribution in [1.82, 2.24) is 10.2 Å². The quantitative estimate of drug-likeness (QED) is 0.899. The molecule has 2 aliphatic rings. The van der Waals surface area contributed by atoms with E-state index in [1.54, 1.807) is 4.90 Å². The molecule has 27 heavy (non-hydrogen) atoms. The van der Waals surface area contributed by atoms with Crippen LogP contribution in [0.25, 0.3) is 11.1 Å². The number of fused-ring (bicyclic) bond motifs is 3. The zero-order valence-corrected chi connectivity index (χ0v) is 15.5. The van der Waals surface area contributed by atoms with Crippen LogP contribution in [-0.2, 0) is 9.53 Å². The first kappa shape index (κ1) is 17.6. The summed E-state index contributed by atoms with van der Waals surface area (Å²) in [6.45, 7) is 2.39. The van der Waals surface area contributed by atoms with Gasteiger partial charge in [-0.3, -0.25) is 9.69 Å². The highest BCUT2D eigenvalue weighted by molar-refractivity contribution is 5.79. The Kier molecular flexibility index (Phi) is 4.84. The molecule has 140 valence electrons. The van der Waals surface area contributed by atoms with Crippen LogP contribution in [0.4, 0.5) is 4.79 Å². The second-order valence-electron chi connectivity index (χ2n) is 7.21. The second-order valence-corrected chi connectivity index (χ2v) is 7.21. The van der Waals surface area contributed by atoms with Gasteiger partial charge in [0, 0.05) is 19.4 Å². The highest BCUT2D eigenvalue weighted by Gasteiger charge is 2.32. The maximum absolute atomic E-state index is 12.7. The largest absolute Gasteiger partial charge is 0.448 e. The van der Waals surface area contributed by atoms with Crippen molar-refractivity contribution in [2.24, 2.45) is 0 Å². The second kappa shape index (κ2) is 7.43.